The molecule has 0 fully saturated rings. The molecular formula is C15H18N2O4. The first-order valence-corrected chi connectivity index (χ1v) is 6.98. The molecule has 1 aromatic rings. The van der Waals surface area contributed by atoms with E-state index in [2.05, 4.69) is 4.98 Å². The van der Waals surface area contributed by atoms with Gasteiger partial charge in [-0.3, -0.25) is 24.3 Å². The highest BCUT2D eigenvalue weighted by Gasteiger charge is 2.38. The minimum atomic E-state index is -0.825. The fraction of sp³-hybridized carbons (Fsp3) is 0.467. The van der Waals surface area contributed by atoms with Gasteiger partial charge in [0.05, 0.1) is 17.0 Å². The highest BCUT2D eigenvalue weighted by molar-refractivity contribution is 6.21. The molecule has 1 aliphatic rings. The van der Waals surface area contributed by atoms with Crippen LogP contribution in [0.2, 0.25) is 0 Å². The third-order valence-electron chi connectivity index (χ3n) is 3.84. The summed E-state index contributed by atoms with van der Waals surface area (Å²) in [6.45, 7) is 3.46. The summed E-state index contributed by atoms with van der Waals surface area (Å²) in [5, 5.41) is 8.84. The number of pyridine rings is 1. The number of imide groups is 1. The van der Waals surface area contributed by atoms with Crippen LogP contribution in [0.4, 0.5) is 0 Å². The molecule has 0 aromatic carbocycles. The Morgan fingerprint density at radius 1 is 1.24 bits per heavy atom. The molecular weight excluding hydrogens is 272 g/mol. The maximum Gasteiger partial charge on any atom is 0.306 e. The molecule has 112 valence electrons. The standard InChI is InChI=1S/C15H18N2O4/c1-9(15(20)21)4-3-5-10(2)17-13(18)11-6-7-16-8-12(11)14(17)19/h6-10H,3-5H2,1-2H3,(H,20,21). The van der Waals surface area contributed by atoms with Crippen molar-refractivity contribution in [2.75, 3.05) is 0 Å². The van der Waals surface area contributed by atoms with Gasteiger partial charge in [0.1, 0.15) is 0 Å². The van der Waals surface area contributed by atoms with Crippen LogP contribution in [-0.4, -0.2) is 38.8 Å². The summed E-state index contributed by atoms with van der Waals surface area (Å²) in [4.78, 5) is 40.3. The molecule has 2 amide bonds. The average molecular weight is 290 g/mol. The second-order valence-electron chi connectivity index (χ2n) is 5.42. The zero-order valence-electron chi connectivity index (χ0n) is 12.1. The van der Waals surface area contributed by atoms with Crippen LogP contribution in [0.3, 0.4) is 0 Å². The smallest absolute Gasteiger partial charge is 0.306 e. The molecule has 2 rings (SSSR count). The maximum atomic E-state index is 12.2. The van der Waals surface area contributed by atoms with Gasteiger partial charge in [0.25, 0.3) is 11.8 Å². The lowest BCUT2D eigenvalue weighted by atomic mass is 10.0. The molecule has 2 heterocycles. The fourth-order valence-electron chi connectivity index (χ4n) is 2.48. The number of hydrogen-bond donors (Lipinski definition) is 1. The van der Waals surface area contributed by atoms with E-state index in [1.54, 1.807) is 19.9 Å². The summed E-state index contributed by atoms with van der Waals surface area (Å²) >= 11 is 0. The van der Waals surface area contributed by atoms with Gasteiger partial charge < -0.3 is 5.11 Å². The molecule has 0 bridgehead atoms. The van der Waals surface area contributed by atoms with Gasteiger partial charge in [-0.2, -0.15) is 0 Å². The van der Waals surface area contributed by atoms with E-state index in [0.29, 0.717) is 30.4 Å². The molecule has 0 saturated carbocycles. The van der Waals surface area contributed by atoms with Crippen molar-refractivity contribution in [3.8, 4) is 0 Å². The third-order valence-corrected chi connectivity index (χ3v) is 3.84. The van der Waals surface area contributed by atoms with E-state index in [4.69, 9.17) is 5.11 Å². The van der Waals surface area contributed by atoms with Crippen molar-refractivity contribution < 1.29 is 19.5 Å². The van der Waals surface area contributed by atoms with E-state index in [1.165, 1.54) is 17.3 Å². The second kappa shape index (κ2) is 6.03. The minimum absolute atomic E-state index is 0.251. The van der Waals surface area contributed by atoms with E-state index in [0.717, 1.165) is 0 Å². The van der Waals surface area contributed by atoms with Gasteiger partial charge in [0.15, 0.2) is 0 Å². The van der Waals surface area contributed by atoms with Crippen molar-refractivity contribution in [2.45, 2.75) is 39.2 Å². The van der Waals surface area contributed by atoms with Gasteiger partial charge in [-0.1, -0.05) is 13.3 Å². The van der Waals surface area contributed by atoms with Gasteiger partial charge in [0.2, 0.25) is 0 Å². The van der Waals surface area contributed by atoms with Gasteiger partial charge in [-0.15, -0.1) is 0 Å². The monoisotopic (exact) mass is 290 g/mol. The van der Waals surface area contributed by atoms with E-state index in [1.807, 2.05) is 0 Å². The average Bonchev–Trinajstić information content (AvgIpc) is 2.71. The lowest BCUT2D eigenvalue weighted by molar-refractivity contribution is -0.141. The quantitative estimate of drug-likeness (QED) is 0.809. The molecule has 2 atom stereocenters. The first-order valence-electron chi connectivity index (χ1n) is 6.98. The number of carboxylic acid groups (broad SMARTS) is 1. The SMILES string of the molecule is CC(CCCC(C)N1C(=O)c2ccncc2C1=O)C(=O)O. The summed E-state index contributed by atoms with van der Waals surface area (Å²) in [5.74, 6) is -1.85. The number of carbonyl (C=O) groups excluding carboxylic acids is 2. The number of carboxylic acids is 1. The highest BCUT2D eigenvalue weighted by Crippen LogP contribution is 2.25. The Balaban J connectivity index is 1.98. The van der Waals surface area contributed by atoms with Gasteiger partial charge in [-0.25, -0.2) is 0 Å². The van der Waals surface area contributed by atoms with Crippen LogP contribution in [0.25, 0.3) is 0 Å². The summed E-state index contributed by atoms with van der Waals surface area (Å²) in [5.41, 5.74) is 0.731. The summed E-state index contributed by atoms with van der Waals surface area (Å²) in [6, 6.07) is 1.30. The second-order valence-corrected chi connectivity index (χ2v) is 5.42. The van der Waals surface area contributed by atoms with E-state index in [9.17, 15) is 14.4 Å². The maximum absolute atomic E-state index is 12.2. The Morgan fingerprint density at radius 3 is 2.52 bits per heavy atom. The van der Waals surface area contributed by atoms with Crippen LogP contribution in [0.15, 0.2) is 18.5 Å². The Labute approximate surface area is 122 Å². The molecule has 0 aliphatic carbocycles. The molecule has 6 nitrogen and oxygen atoms in total. The van der Waals surface area contributed by atoms with Gasteiger partial charge in [-0.05, 0) is 25.8 Å². The van der Waals surface area contributed by atoms with Crippen molar-refractivity contribution >= 4 is 17.8 Å². The predicted octanol–water partition coefficient (Wildman–Crippen LogP) is 1.96. The Hall–Kier alpha value is -2.24. The van der Waals surface area contributed by atoms with Crippen LogP contribution >= 0.6 is 0 Å². The fourth-order valence-corrected chi connectivity index (χ4v) is 2.48. The number of hydrogen-bond acceptors (Lipinski definition) is 4. The van der Waals surface area contributed by atoms with Crippen molar-refractivity contribution in [3.05, 3.63) is 29.6 Å². The number of aliphatic carboxylic acids is 1. The van der Waals surface area contributed by atoms with Crippen LogP contribution in [0.5, 0.6) is 0 Å². The van der Waals surface area contributed by atoms with Crippen molar-refractivity contribution in [3.63, 3.8) is 0 Å². The number of amides is 2. The van der Waals surface area contributed by atoms with E-state index >= 15 is 0 Å². The molecule has 1 aliphatic heterocycles. The molecule has 2 unspecified atom stereocenters. The molecule has 6 heteroatoms. The Bertz CT molecular complexity index is 550. The lowest BCUT2D eigenvalue weighted by Crippen LogP contribution is -2.38. The van der Waals surface area contributed by atoms with Crippen LogP contribution in [0, 0.1) is 5.92 Å². The highest BCUT2D eigenvalue weighted by atomic mass is 16.4. The van der Waals surface area contributed by atoms with Crippen LogP contribution in [0.1, 0.15) is 53.8 Å². The van der Waals surface area contributed by atoms with E-state index in [-0.39, 0.29) is 17.9 Å². The van der Waals surface area contributed by atoms with Crippen LogP contribution in [-0.2, 0) is 4.79 Å². The molecule has 0 radical (unpaired) electrons. The van der Waals surface area contributed by atoms with Gasteiger partial charge >= 0.3 is 5.97 Å². The third kappa shape index (κ3) is 2.94. The largest absolute Gasteiger partial charge is 0.481 e. The van der Waals surface area contributed by atoms with Crippen molar-refractivity contribution in [1.82, 2.24) is 9.88 Å². The van der Waals surface area contributed by atoms with Crippen molar-refractivity contribution in [2.24, 2.45) is 5.92 Å². The van der Waals surface area contributed by atoms with Crippen molar-refractivity contribution in [1.29, 1.82) is 0 Å². The van der Waals surface area contributed by atoms with Gasteiger partial charge in [0, 0.05) is 18.4 Å². The topological polar surface area (TPSA) is 87.6 Å². The lowest BCUT2D eigenvalue weighted by Gasteiger charge is -2.22. The number of carbonyl (C=O) groups is 3. The summed E-state index contributed by atoms with van der Waals surface area (Å²) < 4.78 is 0. The molecule has 0 spiro atoms. The summed E-state index contributed by atoms with van der Waals surface area (Å²) in [6.07, 6.45) is 4.68. The summed E-state index contributed by atoms with van der Waals surface area (Å²) in [7, 11) is 0. The molecule has 0 saturated heterocycles. The number of aromatic nitrogens is 1. The number of fused-ring (bicyclic) bond motifs is 1. The molecule has 21 heavy (non-hydrogen) atoms. The molecule has 1 N–H and O–H groups in total. The normalized spacial score (nSPS) is 16.8. The number of nitrogens with zero attached hydrogens (tertiary/aromatic N) is 2. The predicted molar refractivity (Wildman–Crippen MR) is 74.8 cm³/mol. The first-order chi connectivity index (χ1) is 9.93. The zero-order chi connectivity index (χ0) is 15.6. The molecule has 1 aromatic heterocycles. The number of rotatable bonds is 6. The van der Waals surface area contributed by atoms with Crippen LogP contribution < -0.4 is 0 Å². The first kappa shape index (κ1) is 15.2. The minimum Gasteiger partial charge on any atom is -0.481 e. The zero-order valence-corrected chi connectivity index (χ0v) is 12.1. The van der Waals surface area contributed by atoms with E-state index < -0.39 is 11.9 Å². The Morgan fingerprint density at radius 2 is 1.90 bits per heavy atom. The Kier molecular flexibility index (Phi) is 4.35.